The number of carboxylic acids is 1. The Kier molecular flexibility index (Phi) is 4.89. The maximum absolute atomic E-state index is 11.6. The Hall–Kier alpha value is -1.26. The molecule has 0 saturated heterocycles. The van der Waals surface area contributed by atoms with Crippen LogP contribution in [0.2, 0.25) is 10.0 Å². The van der Waals surface area contributed by atoms with E-state index >= 15 is 0 Å². The number of hydrogen-bond acceptors (Lipinski definition) is 2. The van der Waals surface area contributed by atoms with E-state index in [4.69, 9.17) is 28.3 Å². The first-order valence-corrected chi connectivity index (χ1v) is 7.19. The molecule has 20 heavy (non-hydrogen) atoms. The molecule has 108 valence electrons. The van der Waals surface area contributed by atoms with Crippen LogP contribution in [0.15, 0.2) is 18.2 Å². The third-order valence-corrected chi connectivity index (χ3v) is 3.97. The number of halogens is 2. The molecule has 1 aromatic rings. The number of carboxylic acid groups (broad SMARTS) is 1. The molecule has 2 N–H and O–H groups in total. The molecule has 1 saturated carbocycles. The first-order chi connectivity index (χ1) is 9.49. The minimum Gasteiger partial charge on any atom is -0.481 e. The predicted octanol–water partition coefficient (Wildman–Crippen LogP) is 2.76. The van der Waals surface area contributed by atoms with Crippen molar-refractivity contribution in [3.8, 4) is 0 Å². The molecule has 0 spiro atoms. The zero-order chi connectivity index (χ0) is 14.7. The van der Waals surface area contributed by atoms with Gasteiger partial charge in [-0.05, 0) is 37.0 Å². The number of carbonyl (C=O) groups is 2. The lowest BCUT2D eigenvalue weighted by molar-refractivity contribution is -0.140. The molecule has 0 bridgehead atoms. The molecule has 2 rings (SSSR count). The maximum Gasteiger partial charge on any atom is 0.307 e. The highest BCUT2D eigenvalue weighted by Gasteiger charge is 2.48. The highest BCUT2D eigenvalue weighted by atomic mass is 35.5. The van der Waals surface area contributed by atoms with Gasteiger partial charge in [0.25, 0.3) is 0 Å². The molecule has 1 amide bonds. The minimum atomic E-state index is -0.891. The summed E-state index contributed by atoms with van der Waals surface area (Å²) in [5.74, 6) is -1.91. The Bertz CT molecular complexity index is 533. The van der Waals surface area contributed by atoms with Crippen LogP contribution >= 0.6 is 23.2 Å². The van der Waals surface area contributed by atoms with Crippen LogP contribution in [0, 0.1) is 11.8 Å². The molecule has 0 radical (unpaired) electrons. The highest BCUT2D eigenvalue weighted by molar-refractivity contribution is 6.35. The van der Waals surface area contributed by atoms with Crippen molar-refractivity contribution in [2.45, 2.75) is 19.3 Å². The zero-order valence-corrected chi connectivity index (χ0v) is 12.2. The average Bonchev–Trinajstić information content (AvgIpc) is 3.16. The van der Waals surface area contributed by atoms with Crippen LogP contribution in [0.3, 0.4) is 0 Å². The summed E-state index contributed by atoms with van der Waals surface area (Å²) < 4.78 is 0. The molecule has 2 atom stereocenters. The Labute approximate surface area is 127 Å². The van der Waals surface area contributed by atoms with Gasteiger partial charge < -0.3 is 10.4 Å². The van der Waals surface area contributed by atoms with E-state index in [1.165, 1.54) is 0 Å². The van der Waals surface area contributed by atoms with Gasteiger partial charge in [0.15, 0.2) is 0 Å². The monoisotopic (exact) mass is 315 g/mol. The van der Waals surface area contributed by atoms with Gasteiger partial charge in [0.1, 0.15) is 0 Å². The van der Waals surface area contributed by atoms with Crippen LogP contribution in [0.1, 0.15) is 18.4 Å². The van der Waals surface area contributed by atoms with Gasteiger partial charge in [-0.25, -0.2) is 0 Å². The Morgan fingerprint density at radius 1 is 1.30 bits per heavy atom. The van der Waals surface area contributed by atoms with Gasteiger partial charge >= 0.3 is 5.97 Å². The molecule has 4 nitrogen and oxygen atoms in total. The minimum absolute atomic E-state index is 0.167. The van der Waals surface area contributed by atoms with Gasteiger partial charge in [0.2, 0.25) is 5.91 Å². The lowest BCUT2D eigenvalue weighted by Crippen LogP contribution is -2.27. The first kappa shape index (κ1) is 15.1. The van der Waals surface area contributed by atoms with E-state index in [2.05, 4.69) is 5.32 Å². The van der Waals surface area contributed by atoms with Crippen molar-refractivity contribution >= 4 is 35.1 Å². The third-order valence-electron chi connectivity index (χ3n) is 3.38. The number of carbonyl (C=O) groups excluding carboxylic acids is 1. The van der Waals surface area contributed by atoms with E-state index in [0.29, 0.717) is 23.0 Å². The molecule has 6 heteroatoms. The summed E-state index contributed by atoms with van der Waals surface area (Å²) >= 11 is 11.9. The van der Waals surface area contributed by atoms with E-state index in [9.17, 15) is 9.59 Å². The standard InChI is InChI=1S/C14H15Cl2NO3/c15-9-4-3-8(12(16)6-9)2-1-5-17-13(18)10-7-11(10)14(19)20/h3-4,6,10-11H,1-2,5,7H2,(H,17,18)(H,19,20). The van der Waals surface area contributed by atoms with Crippen LogP contribution < -0.4 is 5.32 Å². The van der Waals surface area contributed by atoms with Gasteiger partial charge in [-0.2, -0.15) is 0 Å². The molecule has 1 aliphatic rings. The number of aliphatic carboxylic acids is 1. The topological polar surface area (TPSA) is 66.4 Å². The van der Waals surface area contributed by atoms with E-state index in [0.717, 1.165) is 18.4 Å². The maximum atomic E-state index is 11.6. The van der Waals surface area contributed by atoms with Gasteiger partial charge in [0.05, 0.1) is 11.8 Å². The predicted molar refractivity (Wildman–Crippen MR) is 77.0 cm³/mol. The second-order valence-electron chi connectivity index (χ2n) is 4.92. The Morgan fingerprint density at radius 2 is 2.05 bits per heavy atom. The van der Waals surface area contributed by atoms with Crippen molar-refractivity contribution < 1.29 is 14.7 Å². The van der Waals surface area contributed by atoms with Crippen LogP contribution in [-0.4, -0.2) is 23.5 Å². The summed E-state index contributed by atoms with van der Waals surface area (Å²) in [5, 5.41) is 12.7. The van der Waals surface area contributed by atoms with Crippen LogP contribution in [0.5, 0.6) is 0 Å². The van der Waals surface area contributed by atoms with Crippen LogP contribution in [0.25, 0.3) is 0 Å². The number of rotatable bonds is 6. The summed E-state index contributed by atoms with van der Waals surface area (Å²) in [7, 11) is 0. The molecule has 1 fully saturated rings. The van der Waals surface area contributed by atoms with Gasteiger partial charge in [-0.15, -0.1) is 0 Å². The molecule has 1 aliphatic carbocycles. The highest BCUT2D eigenvalue weighted by Crippen LogP contribution is 2.38. The van der Waals surface area contributed by atoms with Gasteiger partial charge in [-0.1, -0.05) is 29.3 Å². The Balaban J connectivity index is 1.69. The molecular formula is C14H15Cl2NO3. The van der Waals surface area contributed by atoms with Gasteiger partial charge in [0, 0.05) is 16.6 Å². The van der Waals surface area contributed by atoms with Crippen molar-refractivity contribution in [3.05, 3.63) is 33.8 Å². The average molecular weight is 316 g/mol. The fraction of sp³-hybridized carbons (Fsp3) is 0.429. The van der Waals surface area contributed by atoms with Crippen LogP contribution in [-0.2, 0) is 16.0 Å². The van der Waals surface area contributed by atoms with Crippen molar-refractivity contribution in [3.63, 3.8) is 0 Å². The first-order valence-electron chi connectivity index (χ1n) is 6.43. The molecule has 0 heterocycles. The van der Waals surface area contributed by atoms with Crippen LogP contribution in [0.4, 0.5) is 0 Å². The third kappa shape index (κ3) is 3.87. The summed E-state index contributed by atoms with van der Waals surface area (Å²) in [6.45, 7) is 0.515. The van der Waals surface area contributed by atoms with Crippen molar-refractivity contribution in [1.29, 1.82) is 0 Å². The van der Waals surface area contributed by atoms with E-state index in [-0.39, 0.29) is 11.8 Å². The summed E-state index contributed by atoms with van der Waals surface area (Å²) in [6, 6.07) is 5.34. The van der Waals surface area contributed by atoms with Crippen molar-refractivity contribution in [1.82, 2.24) is 5.32 Å². The van der Waals surface area contributed by atoms with E-state index in [1.54, 1.807) is 12.1 Å². The second-order valence-corrected chi connectivity index (χ2v) is 5.76. The SMILES string of the molecule is O=C(O)C1CC1C(=O)NCCCc1ccc(Cl)cc1Cl. The zero-order valence-electron chi connectivity index (χ0n) is 10.7. The fourth-order valence-corrected chi connectivity index (χ4v) is 2.61. The van der Waals surface area contributed by atoms with Gasteiger partial charge in [-0.3, -0.25) is 9.59 Å². The number of hydrogen-bond donors (Lipinski definition) is 2. The van der Waals surface area contributed by atoms with E-state index in [1.807, 2.05) is 6.07 Å². The fourth-order valence-electron chi connectivity index (χ4n) is 2.10. The molecule has 1 aromatic carbocycles. The number of amides is 1. The summed E-state index contributed by atoms with van der Waals surface area (Å²) in [5.41, 5.74) is 0.986. The molecule has 0 aromatic heterocycles. The summed E-state index contributed by atoms with van der Waals surface area (Å²) in [4.78, 5) is 22.3. The molecular weight excluding hydrogens is 301 g/mol. The number of benzene rings is 1. The molecule has 0 aliphatic heterocycles. The van der Waals surface area contributed by atoms with E-state index < -0.39 is 11.9 Å². The quantitative estimate of drug-likeness (QED) is 0.793. The van der Waals surface area contributed by atoms with Crippen molar-refractivity contribution in [2.75, 3.05) is 6.54 Å². The number of aryl methyl sites for hydroxylation is 1. The summed E-state index contributed by atoms with van der Waals surface area (Å²) in [6.07, 6.45) is 1.94. The molecule has 2 unspecified atom stereocenters. The second kappa shape index (κ2) is 6.46. The lowest BCUT2D eigenvalue weighted by atomic mass is 10.1. The smallest absolute Gasteiger partial charge is 0.307 e. The Morgan fingerprint density at radius 3 is 2.65 bits per heavy atom. The van der Waals surface area contributed by atoms with Crippen molar-refractivity contribution in [2.24, 2.45) is 11.8 Å². The number of nitrogens with one attached hydrogen (secondary N) is 1. The lowest BCUT2D eigenvalue weighted by Gasteiger charge is -2.06. The normalized spacial score (nSPS) is 20.5. The largest absolute Gasteiger partial charge is 0.481 e.